The van der Waals surface area contributed by atoms with Gasteiger partial charge in [-0.05, 0) is 43.9 Å². The van der Waals surface area contributed by atoms with Gasteiger partial charge in [0.05, 0.1) is 11.6 Å². The number of anilines is 1. The lowest BCUT2D eigenvalue weighted by atomic mass is 9.95. The number of rotatable bonds is 4. The Morgan fingerprint density at radius 3 is 2.52 bits per heavy atom. The number of piperidine rings is 1. The van der Waals surface area contributed by atoms with Crippen LogP contribution in [0, 0.1) is 18.8 Å². The monoisotopic (exact) mass is 394 g/mol. The van der Waals surface area contributed by atoms with Gasteiger partial charge in [-0.3, -0.25) is 14.4 Å². The van der Waals surface area contributed by atoms with Crippen LogP contribution in [0.25, 0.3) is 0 Å². The molecule has 0 bridgehead atoms. The zero-order valence-corrected chi connectivity index (χ0v) is 16.7. The molecule has 0 spiro atoms. The van der Waals surface area contributed by atoms with E-state index in [1.807, 2.05) is 42.2 Å². The van der Waals surface area contributed by atoms with Gasteiger partial charge in [0.15, 0.2) is 0 Å². The molecule has 0 radical (unpaired) electrons. The quantitative estimate of drug-likeness (QED) is 0.793. The Morgan fingerprint density at radius 1 is 1.07 bits per heavy atom. The zero-order chi connectivity index (χ0) is 20.4. The number of aromatic nitrogens is 2. The first-order valence-corrected chi connectivity index (χ1v) is 10.2. The molecule has 3 heterocycles. The van der Waals surface area contributed by atoms with Crippen molar-refractivity contribution in [2.45, 2.75) is 32.7 Å². The number of amides is 2. The van der Waals surface area contributed by atoms with Crippen LogP contribution in [0.1, 0.15) is 25.0 Å². The van der Waals surface area contributed by atoms with Gasteiger partial charge >= 0.3 is 0 Å². The first-order chi connectivity index (χ1) is 14.0. The summed E-state index contributed by atoms with van der Waals surface area (Å²) in [5.41, 5.74) is 1.59. The molecule has 1 aromatic heterocycles. The molecule has 152 valence electrons. The maximum atomic E-state index is 13.0. The van der Waals surface area contributed by atoms with Crippen LogP contribution in [0.3, 0.4) is 0 Å². The number of para-hydroxylation sites is 1. The fourth-order valence-electron chi connectivity index (χ4n) is 4.25. The van der Waals surface area contributed by atoms with Gasteiger partial charge in [0.1, 0.15) is 0 Å². The van der Waals surface area contributed by atoms with Crippen molar-refractivity contribution < 1.29 is 9.59 Å². The third kappa shape index (κ3) is 4.23. The van der Waals surface area contributed by atoms with Gasteiger partial charge in [0.25, 0.3) is 5.56 Å². The summed E-state index contributed by atoms with van der Waals surface area (Å²) in [5, 5.41) is 4.31. The Bertz CT molecular complexity index is 948. The van der Waals surface area contributed by atoms with Crippen LogP contribution in [0.5, 0.6) is 0 Å². The van der Waals surface area contributed by atoms with Gasteiger partial charge in [-0.25, -0.2) is 4.68 Å². The highest BCUT2D eigenvalue weighted by molar-refractivity contribution is 6.00. The second-order valence-corrected chi connectivity index (χ2v) is 8.00. The third-order valence-electron chi connectivity index (χ3n) is 5.90. The highest BCUT2D eigenvalue weighted by Gasteiger charge is 2.38. The van der Waals surface area contributed by atoms with Crippen molar-refractivity contribution in [3.63, 3.8) is 0 Å². The summed E-state index contributed by atoms with van der Waals surface area (Å²) in [6.45, 7) is 4.25. The Hall–Kier alpha value is -2.96. The molecule has 2 aromatic rings. The summed E-state index contributed by atoms with van der Waals surface area (Å²) in [5.74, 6) is 0.132. The molecular weight excluding hydrogens is 368 g/mol. The van der Waals surface area contributed by atoms with Gasteiger partial charge in [-0.1, -0.05) is 18.2 Å². The summed E-state index contributed by atoms with van der Waals surface area (Å²) < 4.78 is 1.53. The molecular formula is C22H26N4O3. The molecule has 2 fully saturated rings. The molecule has 2 saturated heterocycles. The fourth-order valence-corrected chi connectivity index (χ4v) is 4.25. The topological polar surface area (TPSA) is 75.5 Å². The first-order valence-electron chi connectivity index (χ1n) is 10.2. The number of hydrogen-bond donors (Lipinski definition) is 0. The number of likely N-dealkylation sites (tertiary alicyclic amines) is 1. The predicted octanol–water partition coefficient (Wildman–Crippen LogP) is 1.84. The number of aryl methyl sites for hydroxylation is 1. The van der Waals surface area contributed by atoms with E-state index >= 15 is 0 Å². The molecule has 1 unspecified atom stereocenters. The van der Waals surface area contributed by atoms with E-state index in [9.17, 15) is 14.4 Å². The number of carbonyl (C=O) groups excluding carboxylic acids is 2. The van der Waals surface area contributed by atoms with E-state index in [2.05, 4.69) is 5.10 Å². The number of carbonyl (C=O) groups is 2. The SMILES string of the molecule is Cc1ccc(=O)n(CC2CCN(C(=O)C3CC(=O)N(c4ccccc4)C3)CC2)n1. The predicted molar refractivity (Wildman–Crippen MR) is 109 cm³/mol. The molecule has 2 aliphatic rings. The highest BCUT2D eigenvalue weighted by atomic mass is 16.2. The maximum absolute atomic E-state index is 13.0. The Labute approximate surface area is 169 Å². The van der Waals surface area contributed by atoms with E-state index in [-0.39, 0.29) is 29.7 Å². The van der Waals surface area contributed by atoms with Crippen LogP contribution in [-0.2, 0) is 16.1 Å². The third-order valence-corrected chi connectivity index (χ3v) is 5.90. The Morgan fingerprint density at radius 2 is 1.79 bits per heavy atom. The minimum Gasteiger partial charge on any atom is -0.342 e. The second-order valence-electron chi connectivity index (χ2n) is 8.00. The van der Waals surface area contributed by atoms with Gasteiger partial charge < -0.3 is 9.80 Å². The summed E-state index contributed by atoms with van der Waals surface area (Å²) in [6.07, 6.45) is 1.96. The van der Waals surface area contributed by atoms with E-state index in [0.717, 1.165) is 24.2 Å². The average Bonchev–Trinajstić information content (AvgIpc) is 3.13. The van der Waals surface area contributed by atoms with Crippen LogP contribution < -0.4 is 10.5 Å². The van der Waals surface area contributed by atoms with Crippen molar-refractivity contribution in [1.29, 1.82) is 0 Å². The van der Waals surface area contributed by atoms with Crippen molar-refractivity contribution in [2.24, 2.45) is 11.8 Å². The van der Waals surface area contributed by atoms with E-state index in [1.54, 1.807) is 17.0 Å². The lowest BCUT2D eigenvalue weighted by molar-refractivity contribution is -0.137. The van der Waals surface area contributed by atoms with E-state index in [4.69, 9.17) is 0 Å². The van der Waals surface area contributed by atoms with Gasteiger partial charge in [0.2, 0.25) is 11.8 Å². The van der Waals surface area contributed by atoms with Crippen molar-refractivity contribution in [3.05, 3.63) is 58.5 Å². The fraction of sp³-hybridized carbons (Fsp3) is 0.455. The minimum absolute atomic E-state index is 0.00864. The molecule has 0 saturated carbocycles. The van der Waals surface area contributed by atoms with Gasteiger partial charge in [0, 0.05) is 44.4 Å². The zero-order valence-electron chi connectivity index (χ0n) is 16.7. The molecule has 4 rings (SSSR count). The normalized spacial score (nSPS) is 20.3. The van der Waals surface area contributed by atoms with Crippen molar-refractivity contribution in [2.75, 3.05) is 24.5 Å². The molecule has 7 heteroatoms. The summed E-state index contributed by atoms with van der Waals surface area (Å²) in [7, 11) is 0. The molecule has 0 N–H and O–H groups in total. The summed E-state index contributed by atoms with van der Waals surface area (Å²) in [4.78, 5) is 40.9. The van der Waals surface area contributed by atoms with Crippen LogP contribution >= 0.6 is 0 Å². The lowest BCUT2D eigenvalue weighted by Gasteiger charge is -2.33. The van der Waals surface area contributed by atoms with Crippen molar-refractivity contribution in [3.8, 4) is 0 Å². The van der Waals surface area contributed by atoms with Crippen LogP contribution in [0.15, 0.2) is 47.3 Å². The number of hydrogen-bond acceptors (Lipinski definition) is 4. The second kappa shape index (κ2) is 8.19. The number of benzene rings is 1. The lowest BCUT2D eigenvalue weighted by Crippen LogP contribution is -2.43. The summed E-state index contributed by atoms with van der Waals surface area (Å²) in [6, 6.07) is 12.8. The van der Waals surface area contributed by atoms with E-state index < -0.39 is 0 Å². The average molecular weight is 394 g/mol. The smallest absolute Gasteiger partial charge is 0.266 e. The molecule has 1 atom stereocenters. The molecule has 1 aromatic carbocycles. The molecule has 29 heavy (non-hydrogen) atoms. The van der Waals surface area contributed by atoms with Gasteiger partial charge in [-0.2, -0.15) is 5.10 Å². The summed E-state index contributed by atoms with van der Waals surface area (Å²) >= 11 is 0. The molecule has 2 amide bonds. The van der Waals surface area contributed by atoms with Crippen LogP contribution in [0.2, 0.25) is 0 Å². The first kappa shape index (κ1) is 19.4. The van der Waals surface area contributed by atoms with E-state index in [1.165, 1.54) is 4.68 Å². The molecule has 0 aliphatic carbocycles. The standard InChI is InChI=1S/C22H26N4O3/c1-16-7-8-20(27)26(23-16)14-17-9-11-24(12-10-17)22(29)18-13-21(28)25(15-18)19-5-3-2-4-6-19/h2-8,17-18H,9-15H2,1H3. The number of nitrogens with zero attached hydrogens (tertiary/aromatic N) is 4. The Balaban J connectivity index is 1.33. The Kier molecular flexibility index (Phi) is 5.47. The van der Waals surface area contributed by atoms with Crippen LogP contribution in [-0.4, -0.2) is 46.1 Å². The van der Waals surface area contributed by atoms with Crippen LogP contribution in [0.4, 0.5) is 5.69 Å². The largest absolute Gasteiger partial charge is 0.342 e. The molecule has 2 aliphatic heterocycles. The highest BCUT2D eigenvalue weighted by Crippen LogP contribution is 2.28. The van der Waals surface area contributed by atoms with E-state index in [0.29, 0.717) is 32.1 Å². The minimum atomic E-state index is -0.277. The maximum Gasteiger partial charge on any atom is 0.266 e. The van der Waals surface area contributed by atoms with Crippen molar-refractivity contribution >= 4 is 17.5 Å². The molecule has 7 nitrogen and oxygen atoms in total. The van der Waals surface area contributed by atoms with Crippen molar-refractivity contribution in [1.82, 2.24) is 14.7 Å². The van der Waals surface area contributed by atoms with Gasteiger partial charge in [-0.15, -0.1) is 0 Å².